The molecule has 0 aliphatic carbocycles. The average Bonchev–Trinajstić information content (AvgIpc) is 2.70. The van der Waals surface area contributed by atoms with Crippen molar-refractivity contribution in [3.8, 4) is 6.07 Å². The molecular weight excluding hydrogens is 374 g/mol. The third-order valence-corrected chi connectivity index (χ3v) is 5.22. The molecule has 0 unspecified atom stereocenters. The Balaban J connectivity index is 2.04. The van der Waals surface area contributed by atoms with Gasteiger partial charge in [-0.3, -0.25) is 4.79 Å². The minimum absolute atomic E-state index is 0.0423. The predicted molar refractivity (Wildman–Crippen MR) is 95.0 cm³/mol. The second kappa shape index (κ2) is 9.86. The van der Waals surface area contributed by atoms with Crippen LogP contribution in [0.3, 0.4) is 0 Å². The molecule has 0 bridgehead atoms. The monoisotopic (exact) mass is 395 g/mol. The van der Waals surface area contributed by atoms with Crippen LogP contribution in [0.4, 0.5) is 4.79 Å². The van der Waals surface area contributed by atoms with E-state index in [2.05, 4.69) is 15.4 Å². The zero-order chi connectivity index (χ0) is 19.7. The van der Waals surface area contributed by atoms with Crippen molar-refractivity contribution in [3.63, 3.8) is 0 Å². The second-order valence-corrected chi connectivity index (χ2v) is 7.41. The lowest BCUT2D eigenvalue weighted by atomic mass is 10.2. The maximum absolute atomic E-state index is 12.3. The molecule has 0 radical (unpaired) electrons. The molecule has 0 spiro atoms. The Morgan fingerprint density at radius 3 is 2.52 bits per heavy atom. The molecule has 1 saturated heterocycles. The van der Waals surface area contributed by atoms with Crippen molar-refractivity contribution in [1.82, 2.24) is 20.3 Å². The summed E-state index contributed by atoms with van der Waals surface area (Å²) < 4.78 is 32.1. The summed E-state index contributed by atoms with van der Waals surface area (Å²) in [4.78, 5) is 26.1. The fourth-order valence-corrected chi connectivity index (χ4v) is 3.41. The lowest BCUT2D eigenvalue weighted by molar-refractivity contribution is -0.122. The van der Waals surface area contributed by atoms with Gasteiger partial charge in [-0.2, -0.15) is 5.26 Å². The first kappa shape index (κ1) is 20.6. The molecule has 3 amide bonds. The van der Waals surface area contributed by atoms with Crippen LogP contribution in [0, 0.1) is 11.3 Å². The summed E-state index contributed by atoms with van der Waals surface area (Å²) in [6.07, 6.45) is 0. The first-order chi connectivity index (χ1) is 12.9. The van der Waals surface area contributed by atoms with Crippen molar-refractivity contribution in [2.45, 2.75) is 10.9 Å². The largest absolute Gasteiger partial charge is 0.378 e. The van der Waals surface area contributed by atoms with E-state index in [1.165, 1.54) is 17.0 Å². The van der Waals surface area contributed by atoms with E-state index in [9.17, 15) is 18.0 Å². The summed E-state index contributed by atoms with van der Waals surface area (Å²) in [6, 6.07) is 7.74. The number of nitrogens with one attached hydrogen (secondary N) is 3. The third-order valence-electron chi connectivity index (χ3n) is 3.79. The van der Waals surface area contributed by atoms with Crippen molar-refractivity contribution in [1.29, 1.82) is 5.26 Å². The summed E-state index contributed by atoms with van der Waals surface area (Å²) >= 11 is 0. The number of ether oxygens (including phenoxy) is 1. The van der Waals surface area contributed by atoms with Crippen molar-refractivity contribution >= 4 is 22.0 Å². The van der Waals surface area contributed by atoms with Gasteiger partial charge < -0.3 is 20.3 Å². The van der Waals surface area contributed by atoms with Gasteiger partial charge in [0.2, 0.25) is 15.9 Å². The van der Waals surface area contributed by atoms with E-state index in [4.69, 9.17) is 10.00 Å². The van der Waals surface area contributed by atoms with Gasteiger partial charge in [0.05, 0.1) is 24.2 Å². The fraction of sp³-hybridized carbons (Fsp3) is 0.438. The maximum Gasteiger partial charge on any atom is 0.318 e. The van der Waals surface area contributed by atoms with Gasteiger partial charge in [-0.05, 0) is 12.1 Å². The minimum atomic E-state index is -3.85. The molecule has 2 rings (SSSR count). The normalized spacial score (nSPS) is 15.4. The van der Waals surface area contributed by atoms with Crippen molar-refractivity contribution in [2.24, 2.45) is 0 Å². The van der Waals surface area contributed by atoms with E-state index in [0.29, 0.717) is 26.3 Å². The van der Waals surface area contributed by atoms with E-state index in [0.717, 1.165) is 0 Å². The molecule has 1 aliphatic heterocycles. The fourth-order valence-electron chi connectivity index (χ4n) is 2.34. The number of morpholine rings is 1. The maximum atomic E-state index is 12.3. The third kappa shape index (κ3) is 6.21. The standard InChI is InChI=1S/C16H21N5O5S/c17-6-7-18-15(22)14(20-16(23)21-8-10-26-11-9-21)12-19-27(24,25)13-4-2-1-3-5-13/h1-5,14,19H,7-12H2,(H,18,22)(H,20,23)/t14-/m0/s1. The van der Waals surface area contributed by atoms with E-state index >= 15 is 0 Å². The number of amides is 3. The Hall–Kier alpha value is -2.68. The van der Waals surface area contributed by atoms with Gasteiger partial charge in [-0.15, -0.1) is 0 Å². The predicted octanol–water partition coefficient (Wildman–Crippen LogP) is -0.985. The van der Waals surface area contributed by atoms with Crippen molar-refractivity contribution in [2.75, 3.05) is 39.4 Å². The summed E-state index contributed by atoms with van der Waals surface area (Å²) in [5.41, 5.74) is 0. The molecule has 11 heteroatoms. The van der Waals surface area contributed by atoms with Gasteiger partial charge in [0.1, 0.15) is 12.6 Å². The number of nitrogens with zero attached hydrogens (tertiary/aromatic N) is 2. The molecule has 1 aliphatic rings. The van der Waals surface area contributed by atoms with Gasteiger partial charge in [-0.1, -0.05) is 18.2 Å². The molecule has 146 valence electrons. The molecule has 27 heavy (non-hydrogen) atoms. The first-order valence-corrected chi connectivity index (χ1v) is 9.75. The Kier molecular flexibility index (Phi) is 7.54. The summed E-state index contributed by atoms with van der Waals surface area (Å²) in [5, 5.41) is 13.4. The van der Waals surface area contributed by atoms with Crippen LogP contribution in [-0.4, -0.2) is 70.7 Å². The van der Waals surface area contributed by atoms with Gasteiger partial charge in [0.25, 0.3) is 0 Å². The Morgan fingerprint density at radius 1 is 1.22 bits per heavy atom. The van der Waals surface area contributed by atoms with E-state index in [-0.39, 0.29) is 18.0 Å². The number of nitriles is 1. The number of urea groups is 1. The van der Waals surface area contributed by atoms with Crippen LogP contribution in [0.2, 0.25) is 0 Å². The highest BCUT2D eigenvalue weighted by molar-refractivity contribution is 7.89. The van der Waals surface area contributed by atoms with Gasteiger partial charge >= 0.3 is 6.03 Å². The van der Waals surface area contributed by atoms with Crippen LogP contribution in [0.15, 0.2) is 35.2 Å². The minimum Gasteiger partial charge on any atom is -0.378 e. The van der Waals surface area contributed by atoms with Gasteiger partial charge in [0.15, 0.2) is 0 Å². The molecule has 1 atom stereocenters. The van der Waals surface area contributed by atoms with Crippen LogP contribution in [0.1, 0.15) is 0 Å². The Bertz CT molecular complexity index is 787. The number of hydrogen-bond acceptors (Lipinski definition) is 6. The first-order valence-electron chi connectivity index (χ1n) is 8.26. The molecule has 1 heterocycles. The number of rotatable bonds is 7. The van der Waals surface area contributed by atoms with Crippen LogP contribution in [0.5, 0.6) is 0 Å². The number of benzene rings is 1. The van der Waals surface area contributed by atoms with E-state index in [1.54, 1.807) is 24.3 Å². The summed E-state index contributed by atoms with van der Waals surface area (Å²) in [7, 11) is -3.85. The average molecular weight is 395 g/mol. The molecule has 0 aromatic heterocycles. The number of sulfonamides is 1. The smallest absolute Gasteiger partial charge is 0.318 e. The highest BCUT2D eigenvalue weighted by atomic mass is 32.2. The van der Waals surface area contributed by atoms with E-state index < -0.39 is 28.0 Å². The zero-order valence-electron chi connectivity index (χ0n) is 14.6. The molecule has 3 N–H and O–H groups in total. The Morgan fingerprint density at radius 2 is 1.89 bits per heavy atom. The van der Waals surface area contributed by atoms with Gasteiger partial charge in [-0.25, -0.2) is 17.9 Å². The van der Waals surface area contributed by atoms with Crippen LogP contribution in [0.25, 0.3) is 0 Å². The lowest BCUT2D eigenvalue weighted by Gasteiger charge is -2.29. The number of hydrogen-bond donors (Lipinski definition) is 3. The van der Waals surface area contributed by atoms with Gasteiger partial charge in [0, 0.05) is 19.6 Å². The number of carbonyl (C=O) groups excluding carboxylic acids is 2. The molecule has 1 fully saturated rings. The molecule has 0 saturated carbocycles. The van der Waals surface area contributed by atoms with Crippen LogP contribution < -0.4 is 15.4 Å². The molecule has 1 aromatic rings. The second-order valence-electron chi connectivity index (χ2n) is 5.64. The molecular formula is C16H21N5O5S. The van der Waals surface area contributed by atoms with E-state index in [1.807, 2.05) is 0 Å². The van der Waals surface area contributed by atoms with Crippen molar-refractivity contribution < 1.29 is 22.7 Å². The quantitative estimate of drug-likeness (QED) is 0.507. The zero-order valence-corrected chi connectivity index (χ0v) is 15.4. The van der Waals surface area contributed by atoms with Crippen LogP contribution >= 0.6 is 0 Å². The highest BCUT2D eigenvalue weighted by Gasteiger charge is 2.26. The summed E-state index contributed by atoms with van der Waals surface area (Å²) in [5.74, 6) is -0.658. The summed E-state index contributed by atoms with van der Waals surface area (Å²) in [6.45, 7) is 0.902. The highest BCUT2D eigenvalue weighted by Crippen LogP contribution is 2.07. The SMILES string of the molecule is N#CCNC(=O)[C@H](CNS(=O)(=O)c1ccccc1)NC(=O)N1CCOCC1. The molecule has 10 nitrogen and oxygen atoms in total. The Labute approximate surface area is 157 Å². The molecule has 1 aromatic carbocycles. The van der Waals surface area contributed by atoms with Crippen LogP contribution in [-0.2, 0) is 19.6 Å². The number of carbonyl (C=O) groups is 2. The van der Waals surface area contributed by atoms with Crippen molar-refractivity contribution in [3.05, 3.63) is 30.3 Å². The lowest BCUT2D eigenvalue weighted by Crippen LogP contribution is -2.57. The topological polar surface area (TPSA) is 141 Å².